The van der Waals surface area contributed by atoms with E-state index in [0.717, 1.165) is 27.8 Å². The van der Waals surface area contributed by atoms with Gasteiger partial charge in [0.05, 0.1) is 18.4 Å². The molecule has 3 rings (SSSR count). The van der Waals surface area contributed by atoms with Crippen molar-refractivity contribution in [3.05, 3.63) is 95.1 Å². The number of rotatable bonds is 15. The number of carbonyl (C=O) groups is 2. The van der Waals surface area contributed by atoms with Crippen molar-refractivity contribution in [3.8, 4) is 11.1 Å². The molecule has 250 valence electrons. The highest BCUT2D eigenvalue weighted by Crippen LogP contribution is 2.26. The highest BCUT2D eigenvalue weighted by atomic mass is 32.2. The van der Waals surface area contributed by atoms with Crippen molar-refractivity contribution in [2.24, 2.45) is 5.92 Å². The molecular formula is C36H48N2O7S. The predicted molar refractivity (Wildman–Crippen MR) is 181 cm³/mol. The van der Waals surface area contributed by atoms with Gasteiger partial charge >= 0.3 is 6.09 Å². The number of aryl methyl sites for hydroxylation is 1. The van der Waals surface area contributed by atoms with E-state index in [4.69, 9.17) is 9.84 Å². The molecule has 2 amide bonds. The molecule has 0 aliphatic heterocycles. The van der Waals surface area contributed by atoms with Crippen LogP contribution in [0.1, 0.15) is 80.6 Å². The highest BCUT2D eigenvalue weighted by molar-refractivity contribution is 7.90. The topological polar surface area (TPSA) is 133 Å². The van der Waals surface area contributed by atoms with E-state index in [1.54, 1.807) is 11.0 Å². The van der Waals surface area contributed by atoms with Crippen molar-refractivity contribution < 1.29 is 33.0 Å². The molecule has 3 aromatic carbocycles. The molecule has 3 aromatic rings. The zero-order valence-electron chi connectivity index (χ0n) is 27.5. The van der Waals surface area contributed by atoms with Gasteiger partial charge in [-0.2, -0.15) is 0 Å². The third-order valence-corrected chi connectivity index (χ3v) is 8.53. The van der Waals surface area contributed by atoms with Crippen molar-refractivity contribution in [3.63, 3.8) is 0 Å². The van der Waals surface area contributed by atoms with Crippen LogP contribution in [0, 0.1) is 5.92 Å². The third kappa shape index (κ3) is 11.9. The lowest BCUT2D eigenvalue weighted by Gasteiger charge is -2.29. The number of nitrogens with zero attached hydrogens (tertiary/aromatic N) is 1. The maximum Gasteiger partial charge on any atom is 0.410 e. The fourth-order valence-electron chi connectivity index (χ4n) is 5.02. The first kappa shape index (κ1) is 36.7. The van der Waals surface area contributed by atoms with Gasteiger partial charge in [0.2, 0.25) is 10.0 Å². The minimum atomic E-state index is -3.85. The van der Waals surface area contributed by atoms with Crippen LogP contribution >= 0.6 is 0 Å². The first-order valence-electron chi connectivity index (χ1n) is 15.8. The Morgan fingerprint density at radius 2 is 1.59 bits per heavy atom. The molecule has 10 heteroatoms. The molecule has 46 heavy (non-hydrogen) atoms. The second-order valence-electron chi connectivity index (χ2n) is 13.0. The van der Waals surface area contributed by atoms with Crippen molar-refractivity contribution in [1.82, 2.24) is 9.62 Å². The summed E-state index contributed by atoms with van der Waals surface area (Å²) in [5, 5.41) is 19.7. The second-order valence-corrected chi connectivity index (χ2v) is 14.8. The van der Waals surface area contributed by atoms with E-state index >= 15 is 0 Å². The Labute approximate surface area is 273 Å². The van der Waals surface area contributed by atoms with Gasteiger partial charge in [-0.15, -0.1) is 0 Å². The van der Waals surface area contributed by atoms with E-state index in [2.05, 4.69) is 4.72 Å². The molecule has 0 spiro atoms. The van der Waals surface area contributed by atoms with E-state index in [0.29, 0.717) is 31.4 Å². The van der Waals surface area contributed by atoms with Gasteiger partial charge in [-0.25, -0.2) is 17.9 Å². The summed E-state index contributed by atoms with van der Waals surface area (Å²) in [4.78, 5) is 27.4. The predicted octanol–water partition coefficient (Wildman–Crippen LogP) is 5.90. The molecule has 0 saturated carbocycles. The number of aliphatic hydroxyl groups is 2. The van der Waals surface area contributed by atoms with Gasteiger partial charge in [0.25, 0.3) is 5.91 Å². The van der Waals surface area contributed by atoms with Gasteiger partial charge in [0, 0.05) is 18.7 Å². The van der Waals surface area contributed by atoms with Crippen molar-refractivity contribution >= 4 is 22.0 Å². The Kier molecular flexibility index (Phi) is 13.4. The van der Waals surface area contributed by atoms with Gasteiger partial charge in [0.15, 0.2) is 0 Å². The molecule has 0 aliphatic carbocycles. The zero-order valence-corrected chi connectivity index (χ0v) is 28.3. The van der Waals surface area contributed by atoms with E-state index < -0.39 is 33.7 Å². The van der Waals surface area contributed by atoms with E-state index in [-0.39, 0.29) is 31.2 Å². The van der Waals surface area contributed by atoms with E-state index in [9.17, 15) is 23.1 Å². The second kappa shape index (κ2) is 16.7. The summed E-state index contributed by atoms with van der Waals surface area (Å²) >= 11 is 0. The number of ether oxygens (including phenoxy) is 1. The van der Waals surface area contributed by atoms with E-state index in [1.165, 1.54) is 0 Å². The molecule has 0 bridgehead atoms. The average molecular weight is 653 g/mol. The van der Waals surface area contributed by atoms with Crippen LogP contribution in [0.15, 0.2) is 72.8 Å². The summed E-state index contributed by atoms with van der Waals surface area (Å²) in [5.41, 5.74) is 4.10. The largest absolute Gasteiger partial charge is 0.444 e. The van der Waals surface area contributed by atoms with Crippen LogP contribution in [-0.2, 0) is 27.6 Å². The number of nitrogens with one attached hydrogen (secondary N) is 1. The van der Waals surface area contributed by atoms with Crippen LogP contribution in [0.2, 0.25) is 0 Å². The Bertz CT molecular complexity index is 1530. The Morgan fingerprint density at radius 3 is 2.20 bits per heavy atom. The zero-order chi connectivity index (χ0) is 33.9. The van der Waals surface area contributed by atoms with Crippen LogP contribution in [0.25, 0.3) is 11.1 Å². The van der Waals surface area contributed by atoms with Crippen molar-refractivity contribution in [2.75, 3.05) is 25.4 Å². The fraction of sp³-hybridized carbons (Fsp3) is 0.444. The van der Waals surface area contributed by atoms with Gasteiger partial charge in [-0.05, 0) is 86.3 Å². The third-order valence-electron chi connectivity index (χ3n) is 7.21. The maximum atomic E-state index is 13.0. The number of hydrogen-bond acceptors (Lipinski definition) is 7. The minimum absolute atomic E-state index is 0.0514. The number of aliphatic hydroxyl groups excluding tert-OH is 2. The first-order valence-corrected chi connectivity index (χ1v) is 17.4. The van der Waals surface area contributed by atoms with Gasteiger partial charge in [-0.1, -0.05) is 80.6 Å². The Morgan fingerprint density at radius 1 is 0.935 bits per heavy atom. The number of carbonyl (C=O) groups excluding carboxylic acids is 2. The lowest BCUT2D eigenvalue weighted by atomic mass is 9.93. The van der Waals surface area contributed by atoms with Crippen LogP contribution in [-0.4, -0.2) is 66.6 Å². The molecule has 3 N–H and O–H groups in total. The van der Waals surface area contributed by atoms with Crippen molar-refractivity contribution in [2.45, 2.75) is 72.0 Å². The monoisotopic (exact) mass is 652 g/mol. The fourth-order valence-corrected chi connectivity index (χ4v) is 6.02. The normalized spacial score (nSPS) is 12.5. The highest BCUT2D eigenvalue weighted by Gasteiger charge is 2.24. The molecule has 0 saturated heterocycles. The number of hydrogen-bond donors (Lipinski definition) is 3. The van der Waals surface area contributed by atoms with Crippen LogP contribution in [0.4, 0.5) is 4.79 Å². The summed E-state index contributed by atoms with van der Waals surface area (Å²) < 4.78 is 32.2. The lowest BCUT2D eigenvalue weighted by molar-refractivity contribution is 0.0142. The Hall–Kier alpha value is -3.73. The number of amides is 2. The molecule has 0 unspecified atom stereocenters. The van der Waals surface area contributed by atoms with Crippen LogP contribution < -0.4 is 4.72 Å². The van der Waals surface area contributed by atoms with Gasteiger partial charge < -0.3 is 19.8 Å². The summed E-state index contributed by atoms with van der Waals surface area (Å²) in [6.07, 6.45) is 0.734. The maximum absolute atomic E-state index is 13.0. The van der Waals surface area contributed by atoms with Crippen molar-refractivity contribution in [1.29, 1.82) is 0 Å². The lowest BCUT2D eigenvalue weighted by Crippen LogP contribution is -2.40. The minimum Gasteiger partial charge on any atom is -0.444 e. The molecule has 0 aliphatic rings. The average Bonchev–Trinajstić information content (AvgIpc) is 2.98. The summed E-state index contributed by atoms with van der Waals surface area (Å²) in [6.45, 7) is 9.79. The van der Waals surface area contributed by atoms with Gasteiger partial charge in [-0.3, -0.25) is 4.79 Å². The molecular weight excluding hydrogens is 604 g/mol. The SMILES string of the molecule is CC(C)Cc1cc(-c2ccc(CCCN(C[C@H](O)c3ccccc3)C(=O)OC(C)(C)C)cc2)ccc1C(=O)NS(=O)(=O)CCCO. The molecule has 0 radical (unpaired) electrons. The number of sulfonamides is 1. The molecule has 0 fully saturated rings. The molecule has 0 heterocycles. The summed E-state index contributed by atoms with van der Waals surface area (Å²) in [7, 11) is -3.85. The number of benzene rings is 3. The molecule has 9 nitrogen and oxygen atoms in total. The van der Waals surface area contributed by atoms with Gasteiger partial charge in [0.1, 0.15) is 5.60 Å². The summed E-state index contributed by atoms with van der Waals surface area (Å²) in [6, 6.07) is 22.7. The quantitative estimate of drug-likeness (QED) is 0.186. The molecule has 1 atom stereocenters. The summed E-state index contributed by atoms with van der Waals surface area (Å²) in [5.74, 6) is -0.759. The van der Waals surface area contributed by atoms with E-state index in [1.807, 2.05) is 101 Å². The molecule has 0 aromatic heterocycles. The smallest absolute Gasteiger partial charge is 0.410 e. The van der Waals surface area contributed by atoms with Crippen LogP contribution in [0.3, 0.4) is 0 Å². The van der Waals surface area contributed by atoms with Crippen LogP contribution in [0.5, 0.6) is 0 Å². The standard InChI is InChI=1S/C36H48N2O7S/c1-26(2)23-31-24-30(18-19-32(31)34(41)37-46(43,44)22-10-21-39)28-16-14-27(15-17-28)11-9-20-38(35(42)45-36(3,4)5)25-33(40)29-12-7-6-8-13-29/h6-8,12-19,24,26,33,39-40H,9-11,20-23,25H2,1-5H3,(H,37,41)/t33-/m0/s1. The Balaban J connectivity index is 1.70. The first-order chi connectivity index (χ1) is 21.7.